The second-order valence-corrected chi connectivity index (χ2v) is 5.93. The van der Waals surface area contributed by atoms with Gasteiger partial charge in [0, 0.05) is 12.2 Å². The Balaban J connectivity index is 2.06. The molecule has 0 aliphatic carbocycles. The molecule has 1 saturated heterocycles. The van der Waals surface area contributed by atoms with Crippen molar-refractivity contribution in [3.05, 3.63) is 29.3 Å². The quantitative estimate of drug-likeness (QED) is 0.898. The summed E-state index contributed by atoms with van der Waals surface area (Å²) >= 11 is 0. The number of rotatable bonds is 4. The maximum Gasteiger partial charge on any atom is 0.322 e. The molecule has 22 heavy (non-hydrogen) atoms. The van der Waals surface area contributed by atoms with Crippen molar-refractivity contribution < 1.29 is 14.6 Å². The van der Waals surface area contributed by atoms with Crippen molar-refractivity contribution in [2.24, 2.45) is 0 Å². The Morgan fingerprint density at radius 2 is 2.32 bits per heavy atom. The fourth-order valence-corrected chi connectivity index (χ4v) is 2.84. The molecule has 1 aromatic carbocycles. The molecule has 1 aliphatic heterocycles. The zero-order valence-electron chi connectivity index (χ0n) is 13.6. The molecule has 2 atom stereocenters. The van der Waals surface area contributed by atoms with Gasteiger partial charge in [0.2, 0.25) is 0 Å². The molecule has 1 aliphatic rings. The molecule has 1 heterocycles. The van der Waals surface area contributed by atoms with E-state index in [9.17, 15) is 9.90 Å². The van der Waals surface area contributed by atoms with Crippen LogP contribution in [0.25, 0.3) is 0 Å². The molecule has 2 N–H and O–H groups in total. The summed E-state index contributed by atoms with van der Waals surface area (Å²) in [4.78, 5) is 14.3. The molecule has 2 amide bonds. The van der Waals surface area contributed by atoms with Gasteiger partial charge in [-0.05, 0) is 49.9 Å². The van der Waals surface area contributed by atoms with Gasteiger partial charge in [-0.15, -0.1) is 0 Å². The molecule has 5 heteroatoms. The predicted octanol–water partition coefficient (Wildman–Crippen LogP) is 2.56. The van der Waals surface area contributed by atoms with Gasteiger partial charge in [0.1, 0.15) is 0 Å². The van der Waals surface area contributed by atoms with Crippen LogP contribution in [0.2, 0.25) is 0 Å². The molecule has 0 aromatic heterocycles. The molecule has 122 valence electrons. The summed E-state index contributed by atoms with van der Waals surface area (Å²) in [5, 5.41) is 12.5. The molecule has 2 unspecified atom stereocenters. The highest BCUT2D eigenvalue weighted by Crippen LogP contribution is 2.18. The van der Waals surface area contributed by atoms with Gasteiger partial charge in [-0.3, -0.25) is 0 Å². The SMILES string of the molecule is CCc1cc(NC(=O)N2CCOCC2CC(C)O)ccc1C. The number of benzene rings is 1. The number of aliphatic hydroxyl groups is 1. The molecule has 2 rings (SSSR count). The molecule has 5 nitrogen and oxygen atoms in total. The number of hydrogen-bond acceptors (Lipinski definition) is 3. The van der Waals surface area contributed by atoms with Crippen molar-refractivity contribution in [2.75, 3.05) is 25.1 Å². The minimum absolute atomic E-state index is 0.0788. The Kier molecular flexibility index (Phi) is 5.80. The van der Waals surface area contributed by atoms with E-state index in [0.29, 0.717) is 26.2 Å². The number of morpholine rings is 1. The second-order valence-electron chi connectivity index (χ2n) is 5.93. The highest BCUT2D eigenvalue weighted by Gasteiger charge is 2.28. The van der Waals surface area contributed by atoms with Crippen LogP contribution in [0, 0.1) is 6.92 Å². The van der Waals surface area contributed by atoms with Crippen LogP contribution in [-0.2, 0) is 11.2 Å². The lowest BCUT2D eigenvalue weighted by Crippen LogP contribution is -2.51. The van der Waals surface area contributed by atoms with Crippen LogP contribution in [-0.4, -0.2) is 47.9 Å². The number of nitrogens with zero attached hydrogens (tertiary/aromatic N) is 1. The Labute approximate surface area is 132 Å². The lowest BCUT2D eigenvalue weighted by molar-refractivity contribution is -0.00160. The number of amides is 2. The molecule has 1 fully saturated rings. The van der Waals surface area contributed by atoms with Gasteiger partial charge in [-0.1, -0.05) is 13.0 Å². The van der Waals surface area contributed by atoms with Crippen molar-refractivity contribution in [1.29, 1.82) is 0 Å². The van der Waals surface area contributed by atoms with Gasteiger partial charge >= 0.3 is 6.03 Å². The molecular weight excluding hydrogens is 280 g/mol. The summed E-state index contributed by atoms with van der Waals surface area (Å²) in [5.41, 5.74) is 3.29. The monoisotopic (exact) mass is 306 g/mol. The summed E-state index contributed by atoms with van der Waals surface area (Å²) in [7, 11) is 0. The number of hydrogen-bond donors (Lipinski definition) is 2. The normalized spacial score (nSPS) is 19.8. The smallest absolute Gasteiger partial charge is 0.322 e. The van der Waals surface area contributed by atoms with Gasteiger partial charge in [-0.25, -0.2) is 4.79 Å². The second kappa shape index (κ2) is 7.61. The number of carbonyl (C=O) groups is 1. The number of aliphatic hydroxyl groups excluding tert-OH is 1. The van der Waals surface area contributed by atoms with Crippen molar-refractivity contribution >= 4 is 11.7 Å². The van der Waals surface area contributed by atoms with Crippen LogP contribution in [0.4, 0.5) is 10.5 Å². The number of nitrogens with one attached hydrogen (secondary N) is 1. The van der Waals surface area contributed by atoms with E-state index in [0.717, 1.165) is 12.1 Å². The first kappa shape index (κ1) is 16.8. The minimum Gasteiger partial charge on any atom is -0.393 e. The number of urea groups is 1. The Morgan fingerprint density at radius 1 is 1.55 bits per heavy atom. The van der Waals surface area contributed by atoms with E-state index >= 15 is 0 Å². The highest BCUT2D eigenvalue weighted by molar-refractivity contribution is 5.89. The van der Waals surface area contributed by atoms with Crippen molar-refractivity contribution in [3.8, 4) is 0 Å². The van der Waals surface area contributed by atoms with Gasteiger partial charge < -0.3 is 20.1 Å². The van der Waals surface area contributed by atoms with E-state index in [1.54, 1.807) is 11.8 Å². The fraction of sp³-hybridized carbons (Fsp3) is 0.588. The van der Waals surface area contributed by atoms with Crippen LogP contribution in [0.1, 0.15) is 31.4 Å². The molecule has 0 saturated carbocycles. The largest absolute Gasteiger partial charge is 0.393 e. The van der Waals surface area contributed by atoms with Gasteiger partial charge in [-0.2, -0.15) is 0 Å². The van der Waals surface area contributed by atoms with Gasteiger partial charge in [0.05, 0.1) is 25.4 Å². The fourth-order valence-electron chi connectivity index (χ4n) is 2.84. The number of carbonyl (C=O) groups excluding carboxylic acids is 1. The lowest BCUT2D eigenvalue weighted by atomic mass is 10.1. The van der Waals surface area contributed by atoms with Gasteiger partial charge in [0.15, 0.2) is 0 Å². The number of aryl methyl sites for hydroxylation is 2. The Hall–Kier alpha value is -1.59. The highest BCUT2D eigenvalue weighted by atomic mass is 16.5. The first-order valence-electron chi connectivity index (χ1n) is 7.94. The summed E-state index contributed by atoms with van der Waals surface area (Å²) in [6, 6.07) is 5.78. The van der Waals surface area contributed by atoms with Crippen LogP contribution in [0.5, 0.6) is 0 Å². The van der Waals surface area contributed by atoms with E-state index in [1.807, 2.05) is 18.2 Å². The van der Waals surface area contributed by atoms with Crippen LogP contribution < -0.4 is 5.32 Å². The van der Waals surface area contributed by atoms with E-state index < -0.39 is 6.10 Å². The van der Waals surface area contributed by atoms with Crippen molar-refractivity contribution in [1.82, 2.24) is 4.90 Å². The summed E-state index contributed by atoms with van der Waals surface area (Å²) in [5.74, 6) is 0. The number of anilines is 1. The summed E-state index contributed by atoms with van der Waals surface area (Å²) < 4.78 is 5.43. The number of ether oxygens (including phenoxy) is 1. The van der Waals surface area contributed by atoms with E-state index in [1.165, 1.54) is 11.1 Å². The average molecular weight is 306 g/mol. The Morgan fingerprint density at radius 3 is 3.00 bits per heavy atom. The van der Waals surface area contributed by atoms with Crippen molar-refractivity contribution in [3.63, 3.8) is 0 Å². The maximum absolute atomic E-state index is 12.5. The molecular formula is C17H26N2O3. The third-order valence-corrected chi connectivity index (χ3v) is 4.08. The standard InChI is InChI=1S/C17H26N2O3/c1-4-14-10-15(6-5-12(14)2)18-17(21)19-7-8-22-11-16(19)9-13(3)20/h5-6,10,13,16,20H,4,7-9,11H2,1-3H3,(H,18,21). The molecule has 0 radical (unpaired) electrons. The third-order valence-electron chi connectivity index (χ3n) is 4.08. The van der Waals surface area contributed by atoms with E-state index in [-0.39, 0.29) is 12.1 Å². The van der Waals surface area contributed by atoms with E-state index in [2.05, 4.69) is 19.2 Å². The predicted molar refractivity (Wildman–Crippen MR) is 87.2 cm³/mol. The zero-order chi connectivity index (χ0) is 16.1. The summed E-state index contributed by atoms with van der Waals surface area (Å²) in [6.45, 7) is 7.48. The van der Waals surface area contributed by atoms with Crippen molar-refractivity contribution in [2.45, 2.75) is 45.8 Å². The summed E-state index contributed by atoms with van der Waals surface area (Å²) in [6.07, 6.45) is 1.02. The Bertz CT molecular complexity index is 517. The van der Waals surface area contributed by atoms with Crippen LogP contribution in [0.15, 0.2) is 18.2 Å². The first-order valence-corrected chi connectivity index (χ1v) is 7.94. The average Bonchev–Trinajstić information content (AvgIpc) is 2.49. The first-order chi connectivity index (χ1) is 10.5. The van der Waals surface area contributed by atoms with Gasteiger partial charge in [0.25, 0.3) is 0 Å². The lowest BCUT2D eigenvalue weighted by Gasteiger charge is -2.36. The van der Waals surface area contributed by atoms with E-state index in [4.69, 9.17) is 4.74 Å². The maximum atomic E-state index is 12.5. The van der Waals surface area contributed by atoms with Crippen LogP contribution in [0.3, 0.4) is 0 Å². The molecule has 0 spiro atoms. The third kappa shape index (κ3) is 4.21. The topological polar surface area (TPSA) is 61.8 Å². The zero-order valence-corrected chi connectivity index (χ0v) is 13.6. The van der Waals surface area contributed by atoms with Crippen LogP contribution >= 0.6 is 0 Å². The molecule has 1 aromatic rings. The minimum atomic E-state index is -0.451. The molecule has 0 bridgehead atoms.